The van der Waals surface area contributed by atoms with Gasteiger partial charge >= 0.3 is 0 Å². The van der Waals surface area contributed by atoms with Gasteiger partial charge in [0.1, 0.15) is 5.60 Å². The Hall–Kier alpha value is -2.21. The molecule has 0 aliphatic carbocycles. The second kappa shape index (κ2) is 5.53. The highest BCUT2D eigenvalue weighted by atomic mass is 32.1. The maximum Gasteiger partial charge on any atom is 0.259 e. The van der Waals surface area contributed by atoms with Crippen LogP contribution in [-0.2, 0) is 0 Å². The van der Waals surface area contributed by atoms with E-state index in [2.05, 4.69) is 20.3 Å². The molecule has 3 aromatic rings. The fourth-order valence-corrected chi connectivity index (χ4v) is 2.60. The van der Waals surface area contributed by atoms with Crippen LogP contribution in [-0.4, -0.2) is 20.6 Å². The van der Waals surface area contributed by atoms with Crippen LogP contribution >= 0.6 is 11.3 Å². The molecule has 0 saturated heterocycles. The largest absolute Gasteiger partial charge is 0.469 e. The monoisotopic (exact) mass is 314 g/mol. The summed E-state index contributed by atoms with van der Waals surface area (Å²) in [6, 6.07) is 7.74. The van der Waals surface area contributed by atoms with Gasteiger partial charge in [-0.05, 0) is 39.8 Å². The lowest BCUT2D eigenvalue weighted by atomic mass is 10.2. The molecular formula is C16H18N4OS. The van der Waals surface area contributed by atoms with Crippen LogP contribution in [0.5, 0.6) is 5.88 Å². The number of fused-ring (bicyclic) bond motifs is 1. The Balaban J connectivity index is 2.06. The summed E-state index contributed by atoms with van der Waals surface area (Å²) in [5.41, 5.74) is 1.27. The van der Waals surface area contributed by atoms with Gasteiger partial charge in [0.2, 0.25) is 0 Å². The van der Waals surface area contributed by atoms with Crippen molar-refractivity contribution in [2.45, 2.75) is 33.3 Å². The van der Waals surface area contributed by atoms with Crippen LogP contribution in [0.15, 0.2) is 30.5 Å². The van der Waals surface area contributed by atoms with Crippen LogP contribution in [0.25, 0.3) is 11.0 Å². The molecule has 0 atom stereocenters. The molecule has 0 aliphatic heterocycles. The highest BCUT2D eigenvalue weighted by molar-refractivity contribution is 7.15. The van der Waals surface area contributed by atoms with Crippen LogP contribution in [0.3, 0.4) is 0 Å². The van der Waals surface area contributed by atoms with E-state index in [1.165, 1.54) is 0 Å². The first-order valence-corrected chi connectivity index (χ1v) is 7.88. The van der Waals surface area contributed by atoms with Crippen molar-refractivity contribution in [1.29, 1.82) is 0 Å². The van der Waals surface area contributed by atoms with Crippen LogP contribution in [0.1, 0.15) is 25.6 Å². The van der Waals surface area contributed by atoms with E-state index in [1.807, 2.05) is 58.2 Å². The number of benzene rings is 1. The molecule has 0 amide bonds. The molecule has 0 bridgehead atoms. The van der Waals surface area contributed by atoms with Crippen molar-refractivity contribution in [2.75, 3.05) is 5.32 Å². The topological polar surface area (TPSA) is 59.9 Å². The Morgan fingerprint density at radius 2 is 1.77 bits per heavy atom. The molecule has 0 saturated carbocycles. The molecule has 5 nitrogen and oxygen atoms in total. The molecule has 2 aromatic heterocycles. The second-order valence-electron chi connectivity index (χ2n) is 5.98. The summed E-state index contributed by atoms with van der Waals surface area (Å²) >= 11 is 1.57. The molecule has 3 rings (SSSR count). The van der Waals surface area contributed by atoms with Gasteiger partial charge in [-0.3, -0.25) is 0 Å². The van der Waals surface area contributed by atoms with Crippen molar-refractivity contribution in [3.63, 3.8) is 0 Å². The van der Waals surface area contributed by atoms with Gasteiger partial charge < -0.3 is 10.1 Å². The maximum atomic E-state index is 5.96. The number of aryl methyl sites for hydroxylation is 1. The van der Waals surface area contributed by atoms with E-state index < -0.39 is 0 Å². The van der Waals surface area contributed by atoms with Gasteiger partial charge in [0.15, 0.2) is 10.9 Å². The summed E-state index contributed by atoms with van der Waals surface area (Å²) in [6.07, 6.45) is 1.83. The molecule has 1 aromatic carbocycles. The lowest BCUT2D eigenvalue weighted by molar-refractivity contribution is 0.125. The zero-order valence-electron chi connectivity index (χ0n) is 13.0. The van der Waals surface area contributed by atoms with Gasteiger partial charge in [0.25, 0.3) is 5.88 Å². The van der Waals surface area contributed by atoms with Crippen molar-refractivity contribution < 1.29 is 4.74 Å². The van der Waals surface area contributed by atoms with Crippen LogP contribution < -0.4 is 10.1 Å². The number of hydrogen-bond acceptors (Lipinski definition) is 6. The molecule has 0 fully saturated rings. The number of aromatic nitrogens is 3. The lowest BCUT2D eigenvalue weighted by Crippen LogP contribution is -2.24. The van der Waals surface area contributed by atoms with E-state index in [1.54, 1.807) is 11.3 Å². The first-order valence-electron chi connectivity index (χ1n) is 7.06. The third kappa shape index (κ3) is 3.33. The van der Waals surface area contributed by atoms with Gasteiger partial charge in [-0.2, -0.15) is 0 Å². The van der Waals surface area contributed by atoms with Crippen molar-refractivity contribution in [2.24, 2.45) is 0 Å². The summed E-state index contributed by atoms with van der Waals surface area (Å²) in [7, 11) is 0. The van der Waals surface area contributed by atoms with Crippen LogP contribution in [0.2, 0.25) is 0 Å². The summed E-state index contributed by atoms with van der Waals surface area (Å²) in [4.78, 5) is 14.7. The van der Waals surface area contributed by atoms with Gasteiger partial charge in [-0.15, -0.1) is 11.3 Å². The summed E-state index contributed by atoms with van der Waals surface area (Å²) < 4.78 is 5.96. The van der Waals surface area contributed by atoms with Crippen LogP contribution in [0, 0.1) is 6.92 Å². The number of ether oxygens (including phenoxy) is 1. The summed E-state index contributed by atoms with van der Waals surface area (Å²) in [5, 5.41) is 4.00. The summed E-state index contributed by atoms with van der Waals surface area (Å²) in [6.45, 7) is 7.98. The number of hydrogen-bond donors (Lipinski definition) is 1. The number of nitrogens with zero attached hydrogens (tertiary/aromatic N) is 3. The quantitative estimate of drug-likeness (QED) is 0.780. The third-order valence-corrected chi connectivity index (χ3v) is 3.62. The maximum absolute atomic E-state index is 5.96. The minimum atomic E-state index is -0.355. The van der Waals surface area contributed by atoms with E-state index in [9.17, 15) is 0 Å². The number of para-hydroxylation sites is 2. The average Bonchev–Trinajstić information content (AvgIpc) is 2.83. The Kier molecular flexibility index (Phi) is 3.70. The molecule has 0 spiro atoms. The van der Waals surface area contributed by atoms with Crippen molar-refractivity contribution in [3.8, 4) is 5.88 Å². The van der Waals surface area contributed by atoms with E-state index >= 15 is 0 Å². The highest BCUT2D eigenvalue weighted by Gasteiger charge is 2.19. The first-order chi connectivity index (χ1) is 10.4. The third-order valence-electron chi connectivity index (χ3n) is 2.79. The number of nitrogens with one attached hydrogen (secondary N) is 1. The molecule has 22 heavy (non-hydrogen) atoms. The molecule has 0 unspecified atom stereocenters. The van der Waals surface area contributed by atoms with Gasteiger partial charge in [-0.1, -0.05) is 12.1 Å². The first kappa shape index (κ1) is 14.7. The number of anilines is 2. The Bertz CT molecular complexity index is 807. The molecule has 6 heteroatoms. The minimum absolute atomic E-state index is 0.355. The standard InChI is InChI=1S/C16H18N4OS/c1-10-9-17-15(22-10)20-13-14(21-16(2,3)4)19-12-8-6-5-7-11(12)18-13/h5-9H,1-4H3,(H,17,18,20). The molecule has 0 aliphatic rings. The van der Waals surface area contributed by atoms with E-state index in [0.29, 0.717) is 11.7 Å². The normalized spacial score (nSPS) is 11.6. The van der Waals surface area contributed by atoms with E-state index in [0.717, 1.165) is 21.0 Å². The zero-order chi connectivity index (χ0) is 15.7. The molecule has 2 heterocycles. The van der Waals surface area contributed by atoms with E-state index in [4.69, 9.17) is 4.74 Å². The molecule has 0 radical (unpaired) electrons. The van der Waals surface area contributed by atoms with Crippen molar-refractivity contribution >= 4 is 33.3 Å². The molecular weight excluding hydrogens is 296 g/mol. The minimum Gasteiger partial charge on any atom is -0.469 e. The van der Waals surface area contributed by atoms with E-state index in [-0.39, 0.29) is 5.60 Å². The Morgan fingerprint density at radius 1 is 1.09 bits per heavy atom. The predicted octanol–water partition coefficient (Wildman–Crippen LogP) is 4.32. The van der Waals surface area contributed by atoms with Gasteiger partial charge in [0, 0.05) is 11.1 Å². The number of rotatable bonds is 3. The fraction of sp³-hybridized carbons (Fsp3) is 0.312. The average molecular weight is 314 g/mol. The van der Waals surface area contributed by atoms with Crippen molar-refractivity contribution in [3.05, 3.63) is 35.3 Å². The Morgan fingerprint density at radius 3 is 2.36 bits per heavy atom. The lowest BCUT2D eigenvalue weighted by Gasteiger charge is -2.22. The van der Waals surface area contributed by atoms with Gasteiger partial charge in [-0.25, -0.2) is 15.0 Å². The fourth-order valence-electron chi connectivity index (χ4n) is 1.94. The molecule has 114 valence electrons. The van der Waals surface area contributed by atoms with Gasteiger partial charge in [0.05, 0.1) is 11.0 Å². The number of thiazole rings is 1. The predicted molar refractivity (Wildman–Crippen MR) is 90.1 cm³/mol. The Labute approximate surface area is 133 Å². The second-order valence-corrected chi connectivity index (χ2v) is 7.22. The SMILES string of the molecule is Cc1cnc(Nc2nc3ccccc3nc2OC(C)(C)C)s1. The molecule has 1 N–H and O–H groups in total. The zero-order valence-corrected chi connectivity index (χ0v) is 13.9. The van der Waals surface area contributed by atoms with Crippen LogP contribution in [0.4, 0.5) is 10.9 Å². The van der Waals surface area contributed by atoms with Crippen molar-refractivity contribution in [1.82, 2.24) is 15.0 Å². The summed E-state index contributed by atoms with van der Waals surface area (Å²) in [5.74, 6) is 1.07. The highest BCUT2D eigenvalue weighted by Crippen LogP contribution is 2.30. The smallest absolute Gasteiger partial charge is 0.259 e.